The smallest absolute Gasteiger partial charge is 0.251 e. The Morgan fingerprint density at radius 3 is 2.59 bits per heavy atom. The van der Waals surface area contributed by atoms with Crippen LogP contribution in [0.2, 0.25) is 0 Å². The Kier molecular flexibility index (Phi) is 7.83. The summed E-state index contributed by atoms with van der Waals surface area (Å²) in [5, 5.41) is 7.10. The number of ether oxygens (including phenoxy) is 3. The molecule has 0 aliphatic heterocycles. The molecule has 0 fully saturated rings. The van der Waals surface area contributed by atoms with Crippen molar-refractivity contribution < 1.29 is 19.0 Å². The number of hydrogen-bond acceptors (Lipinski definition) is 8. The Balaban J connectivity index is 1.50. The molecule has 37 heavy (non-hydrogen) atoms. The topological polar surface area (TPSA) is 107 Å². The van der Waals surface area contributed by atoms with Crippen LogP contribution in [-0.2, 0) is 4.74 Å². The van der Waals surface area contributed by atoms with E-state index in [1.807, 2.05) is 52.0 Å². The summed E-state index contributed by atoms with van der Waals surface area (Å²) in [6.07, 6.45) is 3.15. The minimum atomic E-state index is -0.322. The van der Waals surface area contributed by atoms with E-state index in [-0.39, 0.29) is 11.4 Å². The Hall–Kier alpha value is -4.24. The molecule has 0 aliphatic carbocycles. The van der Waals surface area contributed by atoms with Gasteiger partial charge < -0.3 is 24.8 Å². The highest BCUT2D eigenvalue weighted by molar-refractivity contribution is 5.95. The van der Waals surface area contributed by atoms with Gasteiger partial charge >= 0.3 is 0 Å². The van der Waals surface area contributed by atoms with Gasteiger partial charge in [-0.15, -0.1) is 0 Å². The number of aryl methyl sites for hydroxylation is 1. The van der Waals surface area contributed by atoms with Crippen molar-refractivity contribution in [3.8, 4) is 17.4 Å². The number of rotatable bonds is 9. The number of hydrogen-bond donors (Lipinski definition) is 2. The van der Waals surface area contributed by atoms with Crippen LogP contribution >= 0.6 is 0 Å². The fourth-order valence-corrected chi connectivity index (χ4v) is 3.57. The highest BCUT2D eigenvalue weighted by Gasteiger charge is 2.16. The number of fused-ring (bicyclic) bond motifs is 1. The van der Waals surface area contributed by atoms with E-state index in [0.29, 0.717) is 47.5 Å². The third-order valence-corrected chi connectivity index (χ3v) is 5.28. The Morgan fingerprint density at radius 1 is 1.00 bits per heavy atom. The molecule has 0 saturated carbocycles. The number of carbonyl (C=O) groups is 1. The summed E-state index contributed by atoms with van der Waals surface area (Å²) in [4.78, 5) is 25.5. The average Bonchev–Trinajstić information content (AvgIpc) is 2.85. The van der Waals surface area contributed by atoms with Gasteiger partial charge in [0.15, 0.2) is 0 Å². The van der Waals surface area contributed by atoms with Crippen LogP contribution in [0, 0.1) is 6.92 Å². The number of benzene rings is 2. The van der Waals surface area contributed by atoms with Gasteiger partial charge in [0.2, 0.25) is 5.88 Å². The summed E-state index contributed by atoms with van der Waals surface area (Å²) >= 11 is 0. The molecular weight excluding hydrogens is 470 g/mol. The highest BCUT2D eigenvalue weighted by Crippen LogP contribution is 2.30. The van der Waals surface area contributed by atoms with E-state index in [2.05, 4.69) is 25.6 Å². The van der Waals surface area contributed by atoms with Gasteiger partial charge in [0.25, 0.3) is 5.91 Å². The standard InChI is InChI=1S/C28H31N5O4/c1-18-13-20(32-26-22-15-25(36-12-11-35-5)29-16-23(22)30-17-31-26)9-10-24(18)37-21-8-6-7-19(14-21)27(34)33-28(2,3)4/h6-10,13-17H,11-12H2,1-5H3,(H,33,34)(H,30,31,32). The lowest BCUT2D eigenvalue weighted by molar-refractivity contribution is 0.0919. The summed E-state index contributed by atoms with van der Waals surface area (Å²) < 4.78 is 16.8. The van der Waals surface area contributed by atoms with Crippen LogP contribution in [0.25, 0.3) is 10.9 Å². The Morgan fingerprint density at radius 2 is 1.84 bits per heavy atom. The van der Waals surface area contributed by atoms with Gasteiger partial charge in [0.1, 0.15) is 30.3 Å². The molecule has 2 heterocycles. The number of anilines is 2. The number of nitrogens with zero attached hydrogens (tertiary/aromatic N) is 3. The van der Waals surface area contributed by atoms with Gasteiger partial charge in [-0.3, -0.25) is 4.79 Å². The van der Waals surface area contributed by atoms with Crippen LogP contribution in [0.3, 0.4) is 0 Å². The summed E-state index contributed by atoms with van der Waals surface area (Å²) in [6.45, 7) is 8.66. The first kappa shape index (κ1) is 25.8. The molecule has 9 nitrogen and oxygen atoms in total. The third-order valence-electron chi connectivity index (χ3n) is 5.28. The van der Waals surface area contributed by atoms with E-state index in [1.165, 1.54) is 6.33 Å². The van der Waals surface area contributed by atoms with Crippen molar-refractivity contribution in [3.63, 3.8) is 0 Å². The molecule has 2 aromatic heterocycles. The number of amides is 1. The predicted octanol–water partition coefficient (Wildman–Crippen LogP) is 5.42. The first-order chi connectivity index (χ1) is 17.7. The quantitative estimate of drug-likeness (QED) is 0.293. The van der Waals surface area contributed by atoms with Crippen LogP contribution in [0.15, 0.2) is 61.1 Å². The van der Waals surface area contributed by atoms with Crippen molar-refractivity contribution in [3.05, 3.63) is 72.2 Å². The van der Waals surface area contributed by atoms with Gasteiger partial charge in [0.05, 0.1) is 18.3 Å². The SMILES string of the molecule is COCCOc1cc2c(Nc3ccc(Oc4cccc(C(=O)NC(C)(C)C)c4)c(C)c3)ncnc2cn1. The number of nitrogens with one attached hydrogen (secondary N) is 2. The van der Waals surface area contributed by atoms with E-state index in [1.54, 1.807) is 37.6 Å². The van der Waals surface area contributed by atoms with Crippen molar-refractivity contribution in [2.75, 3.05) is 25.6 Å². The maximum absolute atomic E-state index is 12.5. The molecule has 4 rings (SSSR count). The second-order valence-electron chi connectivity index (χ2n) is 9.54. The second-order valence-corrected chi connectivity index (χ2v) is 9.54. The van der Waals surface area contributed by atoms with Crippen molar-refractivity contribution >= 4 is 28.3 Å². The first-order valence-corrected chi connectivity index (χ1v) is 11.9. The molecule has 0 radical (unpaired) electrons. The predicted molar refractivity (Wildman–Crippen MR) is 143 cm³/mol. The zero-order valence-corrected chi connectivity index (χ0v) is 21.7. The lowest BCUT2D eigenvalue weighted by Crippen LogP contribution is -2.40. The van der Waals surface area contributed by atoms with Crippen molar-refractivity contribution in [1.82, 2.24) is 20.3 Å². The number of pyridine rings is 1. The van der Waals surface area contributed by atoms with Gasteiger partial charge in [-0.05, 0) is 69.7 Å². The lowest BCUT2D eigenvalue weighted by Gasteiger charge is -2.20. The largest absolute Gasteiger partial charge is 0.475 e. The van der Waals surface area contributed by atoms with Crippen molar-refractivity contribution in [1.29, 1.82) is 0 Å². The van der Waals surface area contributed by atoms with E-state index >= 15 is 0 Å². The highest BCUT2D eigenvalue weighted by atomic mass is 16.5. The minimum absolute atomic E-state index is 0.145. The van der Waals surface area contributed by atoms with Crippen molar-refractivity contribution in [2.45, 2.75) is 33.2 Å². The summed E-state index contributed by atoms with van der Waals surface area (Å²) in [6, 6.07) is 14.7. The monoisotopic (exact) mass is 501 g/mol. The molecule has 192 valence electrons. The molecular formula is C28H31N5O4. The summed E-state index contributed by atoms with van der Waals surface area (Å²) in [7, 11) is 1.62. The molecule has 2 aromatic carbocycles. The Labute approximate surface area is 216 Å². The molecule has 9 heteroatoms. The van der Waals surface area contributed by atoms with Gasteiger partial charge in [-0.2, -0.15) is 0 Å². The molecule has 1 amide bonds. The van der Waals surface area contributed by atoms with Crippen LogP contribution in [0.1, 0.15) is 36.7 Å². The molecule has 0 unspecified atom stereocenters. The van der Waals surface area contributed by atoms with Gasteiger partial charge in [-0.25, -0.2) is 15.0 Å². The molecule has 0 spiro atoms. The zero-order valence-electron chi connectivity index (χ0n) is 21.7. The minimum Gasteiger partial charge on any atom is -0.475 e. The zero-order chi connectivity index (χ0) is 26.4. The third kappa shape index (κ3) is 6.92. The van der Waals surface area contributed by atoms with E-state index in [4.69, 9.17) is 14.2 Å². The van der Waals surface area contributed by atoms with Crippen LogP contribution in [-0.4, -0.2) is 46.7 Å². The van der Waals surface area contributed by atoms with Crippen molar-refractivity contribution in [2.24, 2.45) is 0 Å². The molecule has 2 N–H and O–H groups in total. The molecule has 0 atom stereocenters. The van der Waals surface area contributed by atoms with E-state index in [9.17, 15) is 4.79 Å². The average molecular weight is 502 g/mol. The Bertz CT molecular complexity index is 1400. The van der Waals surface area contributed by atoms with Crippen LogP contribution in [0.5, 0.6) is 17.4 Å². The van der Waals surface area contributed by atoms with Gasteiger partial charge in [-0.1, -0.05) is 6.07 Å². The molecule has 0 bridgehead atoms. The maximum atomic E-state index is 12.5. The van der Waals surface area contributed by atoms with E-state index < -0.39 is 0 Å². The lowest BCUT2D eigenvalue weighted by atomic mass is 10.1. The van der Waals surface area contributed by atoms with Crippen LogP contribution in [0.4, 0.5) is 11.5 Å². The number of carbonyl (C=O) groups excluding carboxylic acids is 1. The molecule has 0 aliphatic rings. The summed E-state index contributed by atoms with van der Waals surface area (Å²) in [5.41, 5.74) is 2.67. The fraction of sp³-hybridized carbons (Fsp3) is 0.286. The molecule has 4 aromatic rings. The summed E-state index contributed by atoms with van der Waals surface area (Å²) in [5.74, 6) is 2.23. The van der Waals surface area contributed by atoms with E-state index in [0.717, 1.165) is 16.6 Å². The number of aromatic nitrogens is 3. The normalized spacial score (nSPS) is 11.3. The first-order valence-electron chi connectivity index (χ1n) is 11.9. The fourth-order valence-electron chi connectivity index (χ4n) is 3.57. The second kappa shape index (κ2) is 11.2. The number of methoxy groups -OCH3 is 1. The van der Waals surface area contributed by atoms with Gasteiger partial charge in [0, 0.05) is 35.4 Å². The van der Waals surface area contributed by atoms with Crippen LogP contribution < -0.4 is 20.1 Å². The maximum Gasteiger partial charge on any atom is 0.251 e. The molecule has 0 saturated heterocycles.